The predicted octanol–water partition coefficient (Wildman–Crippen LogP) is 3.57. The number of nitrogens with one attached hydrogen (secondary N) is 2. The van der Waals surface area contributed by atoms with Crippen LogP contribution in [0.1, 0.15) is 5.56 Å². The molecular formula is C18H14ClN7O3. The Morgan fingerprint density at radius 2 is 1.90 bits per heavy atom. The van der Waals surface area contributed by atoms with Crippen LogP contribution in [0.25, 0.3) is 11.3 Å². The van der Waals surface area contributed by atoms with Crippen LogP contribution >= 0.6 is 11.6 Å². The number of phenolic OH excluding ortho intramolecular Hbond substituents is 1. The van der Waals surface area contributed by atoms with E-state index < -0.39 is 0 Å². The van der Waals surface area contributed by atoms with Crippen molar-refractivity contribution in [3.63, 3.8) is 0 Å². The van der Waals surface area contributed by atoms with Crippen molar-refractivity contribution in [3.05, 3.63) is 53.1 Å². The summed E-state index contributed by atoms with van der Waals surface area (Å²) in [5.74, 6) is 1.24. The number of ether oxygens (including phenoxy) is 1. The van der Waals surface area contributed by atoms with Gasteiger partial charge < -0.3 is 15.2 Å². The fourth-order valence-electron chi connectivity index (χ4n) is 2.43. The van der Waals surface area contributed by atoms with Crippen LogP contribution in [0.3, 0.4) is 0 Å². The quantitative estimate of drug-likeness (QED) is 0.322. The number of aromatic hydroxyl groups is 1. The molecule has 0 unspecified atom stereocenters. The molecule has 3 N–H and O–H groups in total. The zero-order valence-electron chi connectivity index (χ0n) is 15.0. The number of anilines is 3. The van der Waals surface area contributed by atoms with E-state index in [1.807, 2.05) is 6.07 Å². The van der Waals surface area contributed by atoms with E-state index in [2.05, 4.69) is 40.8 Å². The van der Waals surface area contributed by atoms with Crippen molar-refractivity contribution in [1.29, 1.82) is 0 Å². The first-order chi connectivity index (χ1) is 14.1. The van der Waals surface area contributed by atoms with Gasteiger partial charge in [0.15, 0.2) is 11.6 Å². The van der Waals surface area contributed by atoms with Crippen LogP contribution in [0.4, 0.5) is 17.3 Å². The summed E-state index contributed by atoms with van der Waals surface area (Å²) in [6.07, 6.45) is 1.42. The third-order valence-corrected chi connectivity index (χ3v) is 4.05. The number of nitrogens with zero attached hydrogens (tertiary/aromatic N) is 5. The normalized spacial score (nSPS) is 11.1. The molecule has 0 amide bonds. The second kappa shape index (κ2) is 7.98. The Bertz CT molecular complexity index is 1200. The number of aromatic nitrogens is 4. The second-order valence-electron chi connectivity index (χ2n) is 5.76. The average molecular weight is 412 g/mol. The Morgan fingerprint density at radius 3 is 2.66 bits per heavy atom. The van der Waals surface area contributed by atoms with Crippen LogP contribution in [0.2, 0.25) is 5.02 Å². The van der Waals surface area contributed by atoms with Crippen LogP contribution in [0, 0.1) is 0 Å². The van der Waals surface area contributed by atoms with Gasteiger partial charge in [0.1, 0.15) is 11.5 Å². The number of fused-ring (bicyclic) bond motifs is 1. The highest BCUT2D eigenvalue weighted by Crippen LogP contribution is 2.26. The molecule has 2 aromatic heterocycles. The van der Waals surface area contributed by atoms with Crippen molar-refractivity contribution in [1.82, 2.24) is 20.3 Å². The van der Waals surface area contributed by atoms with E-state index >= 15 is 0 Å². The van der Waals surface area contributed by atoms with Gasteiger partial charge >= 0.3 is 0 Å². The minimum Gasteiger partial charge on any atom is -0.507 e. The summed E-state index contributed by atoms with van der Waals surface area (Å²) >= 11 is 6.03. The number of halogens is 1. The number of benzene rings is 2. The molecule has 0 bridgehead atoms. The van der Waals surface area contributed by atoms with Gasteiger partial charge in [-0.25, -0.2) is 9.61 Å². The van der Waals surface area contributed by atoms with E-state index in [1.165, 1.54) is 19.4 Å². The van der Waals surface area contributed by atoms with Gasteiger partial charge in [-0.15, -0.1) is 0 Å². The van der Waals surface area contributed by atoms with Crippen molar-refractivity contribution < 1.29 is 14.5 Å². The summed E-state index contributed by atoms with van der Waals surface area (Å²) in [6.45, 7) is 0. The molecule has 0 aliphatic heterocycles. The van der Waals surface area contributed by atoms with E-state index in [9.17, 15) is 5.11 Å². The fraction of sp³-hybridized carbons (Fsp3) is 0.0556. The average Bonchev–Trinajstić information content (AvgIpc) is 3.17. The molecule has 4 rings (SSSR count). The first kappa shape index (κ1) is 18.4. The topological polar surface area (TPSA) is 131 Å². The number of hydrogen-bond donors (Lipinski definition) is 3. The van der Waals surface area contributed by atoms with Crippen molar-refractivity contribution in [2.45, 2.75) is 0 Å². The summed E-state index contributed by atoms with van der Waals surface area (Å²) in [7, 11) is 1.54. The molecule has 0 saturated heterocycles. The molecule has 11 heteroatoms. The molecule has 146 valence electrons. The van der Waals surface area contributed by atoms with Gasteiger partial charge in [-0.05, 0) is 46.7 Å². The molecule has 10 nitrogen and oxygen atoms in total. The van der Waals surface area contributed by atoms with Crippen molar-refractivity contribution in [2.75, 3.05) is 17.9 Å². The Kier molecular flexibility index (Phi) is 5.08. The highest BCUT2D eigenvalue weighted by Gasteiger charge is 2.13. The number of hydrazone groups is 1. The molecule has 0 aliphatic carbocycles. The van der Waals surface area contributed by atoms with E-state index in [1.54, 1.807) is 30.3 Å². The molecule has 0 atom stereocenters. The molecule has 2 aromatic carbocycles. The van der Waals surface area contributed by atoms with Gasteiger partial charge in [0.2, 0.25) is 11.3 Å². The van der Waals surface area contributed by atoms with Gasteiger partial charge in [0.05, 0.1) is 13.3 Å². The zero-order chi connectivity index (χ0) is 20.2. The lowest BCUT2D eigenvalue weighted by molar-refractivity contribution is 0.314. The van der Waals surface area contributed by atoms with E-state index in [0.29, 0.717) is 27.8 Å². The minimum atomic E-state index is 0.0517. The monoisotopic (exact) mass is 411 g/mol. The smallest absolute Gasteiger partial charge is 0.245 e. The maximum Gasteiger partial charge on any atom is 0.245 e. The molecule has 0 saturated carbocycles. The lowest BCUT2D eigenvalue weighted by Gasteiger charge is -2.09. The Morgan fingerprint density at radius 1 is 1.10 bits per heavy atom. The van der Waals surface area contributed by atoms with Crippen LogP contribution < -0.4 is 15.5 Å². The lowest BCUT2D eigenvalue weighted by Crippen LogP contribution is -2.03. The van der Waals surface area contributed by atoms with E-state index in [0.717, 1.165) is 0 Å². The maximum absolute atomic E-state index is 9.96. The third kappa shape index (κ3) is 4.17. The van der Waals surface area contributed by atoms with Gasteiger partial charge in [-0.2, -0.15) is 10.1 Å². The number of rotatable bonds is 6. The predicted molar refractivity (Wildman–Crippen MR) is 108 cm³/mol. The van der Waals surface area contributed by atoms with Gasteiger partial charge in [-0.3, -0.25) is 5.43 Å². The van der Waals surface area contributed by atoms with Crippen LogP contribution in [-0.2, 0) is 0 Å². The molecule has 0 aliphatic rings. The molecule has 4 aromatic rings. The molecular weight excluding hydrogens is 398 g/mol. The lowest BCUT2D eigenvalue weighted by atomic mass is 10.2. The van der Waals surface area contributed by atoms with Crippen LogP contribution in [0.5, 0.6) is 11.5 Å². The minimum absolute atomic E-state index is 0.0517. The summed E-state index contributed by atoms with van der Waals surface area (Å²) in [5.41, 5.74) is 4.38. The summed E-state index contributed by atoms with van der Waals surface area (Å²) in [6, 6.07) is 11.9. The molecule has 0 fully saturated rings. The number of methoxy groups -OCH3 is 1. The van der Waals surface area contributed by atoms with Crippen molar-refractivity contribution in [3.8, 4) is 11.5 Å². The summed E-state index contributed by atoms with van der Waals surface area (Å²) < 4.78 is 9.82. The highest BCUT2D eigenvalue weighted by molar-refractivity contribution is 6.30. The SMILES string of the molecule is COc1ccc(O)c(C=NNc2nc3nonc3nc2Nc2cccc(Cl)c2)c1. The van der Waals surface area contributed by atoms with E-state index in [-0.39, 0.29) is 22.9 Å². The first-order valence-corrected chi connectivity index (χ1v) is 8.69. The fourth-order valence-corrected chi connectivity index (χ4v) is 2.62. The largest absolute Gasteiger partial charge is 0.507 e. The maximum atomic E-state index is 9.96. The van der Waals surface area contributed by atoms with Crippen molar-refractivity contribution >= 4 is 46.4 Å². The third-order valence-electron chi connectivity index (χ3n) is 3.81. The summed E-state index contributed by atoms with van der Waals surface area (Å²) in [4.78, 5) is 8.64. The van der Waals surface area contributed by atoms with Gasteiger partial charge in [0, 0.05) is 16.3 Å². The zero-order valence-corrected chi connectivity index (χ0v) is 15.8. The van der Waals surface area contributed by atoms with Crippen LogP contribution in [0.15, 0.2) is 52.2 Å². The van der Waals surface area contributed by atoms with Crippen molar-refractivity contribution in [2.24, 2.45) is 5.10 Å². The first-order valence-electron chi connectivity index (χ1n) is 8.31. The summed E-state index contributed by atoms with van der Waals surface area (Å²) in [5, 5.41) is 25.1. The number of phenols is 1. The number of hydrogen-bond acceptors (Lipinski definition) is 10. The molecule has 29 heavy (non-hydrogen) atoms. The van der Waals surface area contributed by atoms with Crippen LogP contribution in [-0.4, -0.2) is 38.7 Å². The van der Waals surface area contributed by atoms with E-state index in [4.69, 9.17) is 16.3 Å². The standard InChI is InChI=1S/C18H14ClN7O3/c1-28-13-5-6-14(27)10(7-13)9-20-24-16-15(21-12-4-2-3-11(19)8-12)22-17-18(23-16)26-29-25-17/h2-9,27H,1H3,(H,21,22,25)(H,23,24,26). The molecule has 0 spiro atoms. The van der Waals surface area contributed by atoms with Gasteiger partial charge in [0.25, 0.3) is 0 Å². The van der Waals surface area contributed by atoms with Gasteiger partial charge in [-0.1, -0.05) is 17.7 Å². The second-order valence-corrected chi connectivity index (χ2v) is 6.20. The Hall–Kier alpha value is -3.92. The molecule has 2 heterocycles. The Balaban J connectivity index is 1.63. The highest BCUT2D eigenvalue weighted by atomic mass is 35.5. The Labute approximate surface area is 169 Å². The molecule has 0 radical (unpaired) electrons.